The van der Waals surface area contributed by atoms with Crippen molar-refractivity contribution in [3.8, 4) is 0 Å². The third-order valence-corrected chi connectivity index (χ3v) is 4.02. The molecule has 27 heavy (non-hydrogen) atoms. The van der Waals surface area contributed by atoms with Gasteiger partial charge < -0.3 is 16.4 Å². The van der Waals surface area contributed by atoms with Crippen molar-refractivity contribution in [3.63, 3.8) is 0 Å². The van der Waals surface area contributed by atoms with E-state index >= 15 is 0 Å². The molecule has 1 heterocycles. The fraction of sp³-hybridized carbons (Fsp3) is 0.158. The number of hydrogen-bond donors (Lipinski definition) is 3. The maximum absolute atomic E-state index is 13.2. The van der Waals surface area contributed by atoms with E-state index in [1.54, 1.807) is 0 Å². The zero-order chi connectivity index (χ0) is 19.4. The standard InChI is InChI=1S/C19H18F3N5/c1-12(13-7-3-2-4-8-13)26-17-16(23)18(25-11-24-17)27-15-10-6-5-9-14(15)19(20,21)22/h2-12H,23H2,1H3,(H2,24,25,26,27). The summed E-state index contributed by atoms with van der Waals surface area (Å²) in [6.45, 7) is 1.93. The Kier molecular flexibility index (Phi) is 5.16. The van der Waals surface area contributed by atoms with E-state index in [0.29, 0.717) is 5.82 Å². The highest BCUT2D eigenvalue weighted by Gasteiger charge is 2.33. The second-order valence-corrected chi connectivity index (χ2v) is 5.93. The van der Waals surface area contributed by atoms with Gasteiger partial charge in [0.1, 0.15) is 12.0 Å². The van der Waals surface area contributed by atoms with Crippen molar-refractivity contribution >= 4 is 23.0 Å². The Morgan fingerprint density at radius 3 is 2.26 bits per heavy atom. The van der Waals surface area contributed by atoms with Crippen molar-refractivity contribution in [3.05, 3.63) is 72.1 Å². The van der Waals surface area contributed by atoms with Crippen LogP contribution in [0.15, 0.2) is 60.9 Å². The number of nitrogens with zero attached hydrogens (tertiary/aromatic N) is 2. The third-order valence-electron chi connectivity index (χ3n) is 4.02. The van der Waals surface area contributed by atoms with Gasteiger partial charge in [-0.1, -0.05) is 42.5 Å². The van der Waals surface area contributed by atoms with Gasteiger partial charge in [0.25, 0.3) is 0 Å². The first kappa shape index (κ1) is 18.5. The number of halogens is 3. The first-order chi connectivity index (χ1) is 12.9. The highest BCUT2D eigenvalue weighted by Crippen LogP contribution is 2.37. The molecule has 0 saturated carbocycles. The number of aromatic nitrogens is 2. The number of alkyl halides is 3. The predicted octanol–water partition coefficient (Wildman–Crippen LogP) is 4.99. The summed E-state index contributed by atoms with van der Waals surface area (Å²) in [7, 11) is 0. The van der Waals surface area contributed by atoms with Crippen LogP contribution in [0, 0.1) is 0 Å². The van der Waals surface area contributed by atoms with E-state index in [9.17, 15) is 13.2 Å². The number of anilines is 4. The minimum Gasteiger partial charge on any atom is -0.393 e. The van der Waals surface area contributed by atoms with Crippen molar-refractivity contribution in [1.82, 2.24) is 9.97 Å². The monoisotopic (exact) mass is 373 g/mol. The molecule has 0 aliphatic rings. The van der Waals surface area contributed by atoms with Crippen LogP contribution in [-0.2, 0) is 6.18 Å². The van der Waals surface area contributed by atoms with E-state index in [0.717, 1.165) is 11.6 Å². The van der Waals surface area contributed by atoms with Gasteiger partial charge in [0, 0.05) is 0 Å². The van der Waals surface area contributed by atoms with Crippen molar-refractivity contribution in [2.45, 2.75) is 19.1 Å². The molecule has 8 heteroatoms. The van der Waals surface area contributed by atoms with Crippen LogP contribution in [0.3, 0.4) is 0 Å². The van der Waals surface area contributed by atoms with Crippen molar-refractivity contribution in [1.29, 1.82) is 0 Å². The molecule has 0 aliphatic carbocycles. The predicted molar refractivity (Wildman–Crippen MR) is 99.7 cm³/mol. The van der Waals surface area contributed by atoms with Gasteiger partial charge in [-0.15, -0.1) is 0 Å². The molecule has 1 unspecified atom stereocenters. The van der Waals surface area contributed by atoms with E-state index in [-0.39, 0.29) is 23.2 Å². The number of nitrogen functional groups attached to an aromatic ring is 1. The fourth-order valence-corrected chi connectivity index (χ4v) is 2.61. The van der Waals surface area contributed by atoms with Gasteiger partial charge in [-0.3, -0.25) is 0 Å². The average Bonchev–Trinajstić information content (AvgIpc) is 2.65. The third kappa shape index (κ3) is 4.28. The van der Waals surface area contributed by atoms with Crippen LogP contribution in [0.1, 0.15) is 24.1 Å². The first-order valence-corrected chi connectivity index (χ1v) is 8.21. The lowest BCUT2D eigenvalue weighted by molar-refractivity contribution is -0.136. The summed E-state index contributed by atoms with van der Waals surface area (Å²) in [5.41, 5.74) is 6.32. The number of hydrogen-bond acceptors (Lipinski definition) is 5. The molecule has 0 radical (unpaired) electrons. The summed E-state index contributed by atoms with van der Waals surface area (Å²) in [5, 5.41) is 5.82. The van der Waals surface area contributed by atoms with Crippen molar-refractivity contribution in [2.24, 2.45) is 0 Å². The van der Waals surface area contributed by atoms with Crippen LogP contribution in [0.2, 0.25) is 0 Å². The summed E-state index contributed by atoms with van der Waals surface area (Å²) in [6.07, 6.45) is -3.25. The Morgan fingerprint density at radius 2 is 1.56 bits per heavy atom. The maximum atomic E-state index is 13.2. The lowest BCUT2D eigenvalue weighted by Crippen LogP contribution is -2.13. The quantitative estimate of drug-likeness (QED) is 0.587. The molecule has 3 aromatic rings. The first-order valence-electron chi connectivity index (χ1n) is 8.21. The van der Waals surface area contributed by atoms with Crippen molar-refractivity contribution in [2.75, 3.05) is 16.4 Å². The van der Waals surface area contributed by atoms with Gasteiger partial charge in [-0.2, -0.15) is 13.2 Å². The highest BCUT2D eigenvalue weighted by molar-refractivity contribution is 5.78. The molecule has 0 bridgehead atoms. The SMILES string of the molecule is CC(Nc1ncnc(Nc2ccccc2C(F)(F)F)c1N)c1ccccc1. The molecular weight excluding hydrogens is 355 g/mol. The molecule has 2 aromatic carbocycles. The Morgan fingerprint density at radius 1 is 0.926 bits per heavy atom. The molecule has 4 N–H and O–H groups in total. The molecule has 3 rings (SSSR count). The molecular formula is C19H18F3N5. The Labute approximate surface area is 154 Å². The number of para-hydroxylation sites is 1. The summed E-state index contributed by atoms with van der Waals surface area (Å²) >= 11 is 0. The van der Waals surface area contributed by atoms with Crippen LogP contribution in [-0.4, -0.2) is 9.97 Å². The minimum absolute atomic E-state index is 0.0984. The molecule has 0 fully saturated rings. The van der Waals surface area contributed by atoms with Crippen LogP contribution in [0.4, 0.5) is 36.2 Å². The van der Waals surface area contributed by atoms with Gasteiger partial charge in [-0.05, 0) is 24.6 Å². The highest BCUT2D eigenvalue weighted by atomic mass is 19.4. The summed E-state index contributed by atoms with van der Waals surface area (Å²) in [6, 6.07) is 14.7. The van der Waals surface area contributed by atoms with E-state index in [1.165, 1.54) is 24.5 Å². The van der Waals surface area contributed by atoms with Gasteiger partial charge in [0.05, 0.1) is 17.3 Å². The molecule has 0 amide bonds. The Balaban J connectivity index is 1.86. The largest absolute Gasteiger partial charge is 0.418 e. The van der Waals surface area contributed by atoms with E-state index in [2.05, 4.69) is 20.6 Å². The fourth-order valence-electron chi connectivity index (χ4n) is 2.61. The molecule has 140 valence electrons. The second-order valence-electron chi connectivity index (χ2n) is 5.93. The van der Waals surface area contributed by atoms with Crippen LogP contribution < -0.4 is 16.4 Å². The zero-order valence-electron chi connectivity index (χ0n) is 14.5. The van der Waals surface area contributed by atoms with E-state index in [4.69, 9.17) is 5.73 Å². The molecule has 1 atom stereocenters. The summed E-state index contributed by atoms with van der Waals surface area (Å²) in [4.78, 5) is 8.09. The minimum atomic E-state index is -4.49. The molecule has 0 saturated heterocycles. The molecule has 0 spiro atoms. The van der Waals surface area contributed by atoms with Gasteiger partial charge in [0.2, 0.25) is 0 Å². The lowest BCUT2D eigenvalue weighted by Gasteiger charge is -2.18. The lowest BCUT2D eigenvalue weighted by atomic mass is 10.1. The zero-order valence-corrected chi connectivity index (χ0v) is 14.5. The van der Waals surface area contributed by atoms with Gasteiger partial charge >= 0.3 is 6.18 Å². The van der Waals surface area contributed by atoms with E-state index < -0.39 is 11.7 Å². The topological polar surface area (TPSA) is 75.9 Å². The summed E-state index contributed by atoms with van der Waals surface area (Å²) < 4.78 is 39.5. The second kappa shape index (κ2) is 7.53. The normalized spacial score (nSPS) is 12.4. The number of nitrogens with one attached hydrogen (secondary N) is 2. The number of rotatable bonds is 5. The van der Waals surface area contributed by atoms with Crippen LogP contribution in [0.25, 0.3) is 0 Å². The molecule has 0 aliphatic heterocycles. The van der Waals surface area contributed by atoms with Crippen molar-refractivity contribution < 1.29 is 13.2 Å². The van der Waals surface area contributed by atoms with Gasteiger partial charge in [-0.25, -0.2) is 9.97 Å². The Bertz CT molecular complexity index is 913. The molecule has 5 nitrogen and oxygen atoms in total. The number of benzene rings is 2. The summed E-state index contributed by atoms with van der Waals surface area (Å²) in [5.74, 6) is 0.442. The number of nitrogens with two attached hydrogens (primary N) is 1. The smallest absolute Gasteiger partial charge is 0.393 e. The van der Waals surface area contributed by atoms with Gasteiger partial charge in [0.15, 0.2) is 11.6 Å². The maximum Gasteiger partial charge on any atom is 0.418 e. The Hall–Kier alpha value is -3.29. The average molecular weight is 373 g/mol. The van der Waals surface area contributed by atoms with E-state index in [1.807, 2.05) is 37.3 Å². The van der Waals surface area contributed by atoms with Crippen LogP contribution >= 0.6 is 0 Å². The molecule has 1 aromatic heterocycles. The van der Waals surface area contributed by atoms with Crippen LogP contribution in [0.5, 0.6) is 0 Å².